The Kier molecular flexibility index (Phi) is 9.73. The van der Waals surface area contributed by atoms with Gasteiger partial charge in [-0.1, -0.05) is 182 Å². The molecule has 4 aromatic rings. The van der Waals surface area contributed by atoms with E-state index in [1.165, 1.54) is 37.9 Å². The average molecular weight is 761 g/mol. The third-order valence-electron chi connectivity index (χ3n) is 13.4. The average Bonchev–Trinajstić information content (AvgIpc) is 3.62. The highest BCUT2D eigenvalue weighted by atomic mass is 28.3. The minimum atomic E-state index is -2.64. The second-order valence-electron chi connectivity index (χ2n) is 16.5. The largest absolute Gasteiger partial charge is 0.357 e. The maximum atomic E-state index is 5.66. The van der Waals surface area contributed by atoms with E-state index in [0.717, 1.165) is 37.9 Å². The van der Waals surface area contributed by atoms with Gasteiger partial charge in [0, 0.05) is 23.4 Å². The minimum absolute atomic E-state index is 0.125. The zero-order valence-electron chi connectivity index (χ0n) is 32.8. The summed E-state index contributed by atoms with van der Waals surface area (Å²) in [7, 11) is -0.353. The standard InChI is InChI=1S/C52H52N4Si/c1-55-51(41-23-11-4-12-24-41)53-50(40-21-9-3-10-22-40)54-52(55)56-48-30-18-17-29-46(48)47-37-45(35-36-49(47)56)57(42-25-13-5-14-26-42,43-27-15-6-16-28-43)44-33-31-39(32-34-44)38-19-7-2-8-20-38/h2-16,18-21,23,25-27,30-37,40-41,43,46,48,51-52H,17,22,24,28-29H2,1H3,(H,53,54). The van der Waals surface area contributed by atoms with Crippen molar-refractivity contribution in [1.82, 2.24) is 10.2 Å². The summed E-state index contributed by atoms with van der Waals surface area (Å²) in [5.41, 5.74) is 5.73. The zero-order chi connectivity index (χ0) is 38.2. The fourth-order valence-electron chi connectivity index (χ4n) is 10.7. The number of hydrogen-bond acceptors (Lipinski definition) is 4. The lowest BCUT2D eigenvalue weighted by molar-refractivity contribution is 0.109. The smallest absolute Gasteiger partial charge is 0.182 e. The SMILES string of the molecule is CN1C(C2C=CC=CC2)NC(C2C=CC=CC2)=NC1N1c2ccc([Si](c3ccccc3)(c3ccc(-c4ccccc4)cc3)C3C=CC=CC3)cc2C2CCC=CC21. The maximum Gasteiger partial charge on any atom is 0.182 e. The first-order valence-corrected chi connectivity index (χ1v) is 23.1. The number of fused-ring (bicyclic) bond motifs is 3. The van der Waals surface area contributed by atoms with Crippen molar-refractivity contribution >= 4 is 35.2 Å². The van der Waals surface area contributed by atoms with Gasteiger partial charge in [-0.25, -0.2) is 9.89 Å². The Labute approximate surface area is 339 Å². The summed E-state index contributed by atoms with van der Waals surface area (Å²) in [6.07, 6.45) is 37.7. The van der Waals surface area contributed by atoms with Crippen LogP contribution in [-0.2, 0) is 0 Å². The highest BCUT2D eigenvalue weighted by Crippen LogP contribution is 2.48. The molecular formula is C52H52N4Si. The predicted octanol–water partition coefficient (Wildman–Crippen LogP) is 9.14. The third-order valence-corrected chi connectivity index (χ3v) is 18.7. The van der Waals surface area contributed by atoms with Crippen molar-refractivity contribution in [3.8, 4) is 11.1 Å². The molecule has 10 rings (SSSR count). The first-order chi connectivity index (χ1) is 28.2. The molecule has 0 radical (unpaired) electrons. The summed E-state index contributed by atoms with van der Waals surface area (Å²) in [6.45, 7) is 0. The Bertz CT molecular complexity index is 2330. The van der Waals surface area contributed by atoms with Gasteiger partial charge in [0.05, 0.1) is 12.2 Å². The highest BCUT2D eigenvalue weighted by molar-refractivity contribution is 7.12. The Balaban J connectivity index is 1.13. The first-order valence-electron chi connectivity index (χ1n) is 21.1. The zero-order valence-corrected chi connectivity index (χ0v) is 33.8. The second kappa shape index (κ2) is 15.5. The Hall–Kier alpha value is -5.49. The molecule has 57 heavy (non-hydrogen) atoms. The molecule has 0 saturated heterocycles. The number of anilines is 1. The normalized spacial score (nSPS) is 28.4. The molecule has 4 aliphatic carbocycles. The molecule has 0 spiro atoms. The van der Waals surface area contributed by atoms with E-state index in [1.807, 2.05) is 0 Å². The highest BCUT2D eigenvalue weighted by Gasteiger charge is 2.49. The maximum absolute atomic E-state index is 5.66. The van der Waals surface area contributed by atoms with Crippen molar-refractivity contribution in [1.29, 1.82) is 0 Å². The number of hydrogen-bond donors (Lipinski definition) is 1. The fraction of sp³-hybridized carbons (Fsp3) is 0.250. The van der Waals surface area contributed by atoms with Crippen LogP contribution in [0, 0.1) is 11.8 Å². The topological polar surface area (TPSA) is 30.9 Å². The molecule has 4 aromatic carbocycles. The summed E-state index contributed by atoms with van der Waals surface area (Å²) >= 11 is 0. The predicted molar refractivity (Wildman–Crippen MR) is 242 cm³/mol. The molecule has 6 aliphatic rings. The Morgan fingerprint density at radius 3 is 2.04 bits per heavy atom. The van der Waals surface area contributed by atoms with Crippen LogP contribution >= 0.6 is 0 Å². The van der Waals surface area contributed by atoms with Crippen molar-refractivity contribution in [3.63, 3.8) is 0 Å². The van der Waals surface area contributed by atoms with Crippen LogP contribution in [0.4, 0.5) is 5.69 Å². The molecule has 0 bridgehead atoms. The van der Waals surface area contributed by atoms with Gasteiger partial charge in [0.15, 0.2) is 14.4 Å². The van der Waals surface area contributed by atoms with Crippen LogP contribution in [0.5, 0.6) is 0 Å². The summed E-state index contributed by atoms with van der Waals surface area (Å²) in [5.74, 6) is 2.13. The quantitative estimate of drug-likeness (QED) is 0.111. The number of benzene rings is 4. The van der Waals surface area contributed by atoms with Gasteiger partial charge in [-0.15, -0.1) is 0 Å². The van der Waals surface area contributed by atoms with E-state index in [4.69, 9.17) is 4.99 Å². The van der Waals surface area contributed by atoms with Gasteiger partial charge in [0.2, 0.25) is 0 Å². The van der Waals surface area contributed by atoms with E-state index < -0.39 is 8.07 Å². The van der Waals surface area contributed by atoms with Crippen LogP contribution < -0.4 is 25.8 Å². The Morgan fingerprint density at radius 1 is 0.632 bits per heavy atom. The summed E-state index contributed by atoms with van der Waals surface area (Å²) in [6, 6.07) is 39.9. The molecule has 4 nitrogen and oxygen atoms in total. The van der Waals surface area contributed by atoms with Crippen LogP contribution in [-0.4, -0.2) is 44.4 Å². The lowest BCUT2D eigenvalue weighted by Crippen LogP contribution is -2.69. The number of amidine groups is 1. The molecule has 0 fully saturated rings. The number of aliphatic imine (C=N–C) groups is 1. The van der Waals surface area contributed by atoms with Gasteiger partial charge < -0.3 is 10.2 Å². The molecule has 5 heteroatoms. The van der Waals surface area contributed by atoms with E-state index in [-0.39, 0.29) is 24.4 Å². The van der Waals surface area contributed by atoms with Gasteiger partial charge in [0.25, 0.3) is 0 Å². The summed E-state index contributed by atoms with van der Waals surface area (Å²) in [5, 5.41) is 8.40. The van der Waals surface area contributed by atoms with E-state index in [1.54, 1.807) is 0 Å². The van der Waals surface area contributed by atoms with E-state index in [2.05, 4.69) is 210 Å². The molecule has 1 N–H and O–H groups in total. The fourth-order valence-corrected chi connectivity index (χ4v) is 16.0. The lowest BCUT2D eigenvalue weighted by atomic mass is 9.86. The molecule has 0 amide bonds. The number of nitrogens with zero attached hydrogens (tertiary/aromatic N) is 3. The third kappa shape index (κ3) is 6.38. The number of allylic oxidation sites excluding steroid dienone is 11. The van der Waals surface area contributed by atoms with Gasteiger partial charge >= 0.3 is 0 Å². The van der Waals surface area contributed by atoms with Crippen molar-refractivity contribution < 1.29 is 0 Å². The lowest BCUT2D eigenvalue weighted by Gasteiger charge is -2.48. The van der Waals surface area contributed by atoms with Crippen molar-refractivity contribution in [3.05, 3.63) is 194 Å². The summed E-state index contributed by atoms with van der Waals surface area (Å²) in [4.78, 5) is 10.9. The number of nitrogens with one attached hydrogen (secondary N) is 1. The number of rotatable bonds is 8. The molecule has 0 saturated carbocycles. The van der Waals surface area contributed by atoms with Gasteiger partial charge in [0.1, 0.15) is 5.84 Å². The molecule has 8 atom stereocenters. The summed E-state index contributed by atoms with van der Waals surface area (Å²) < 4.78 is 0. The minimum Gasteiger partial charge on any atom is -0.357 e. The van der Waals surface area contributed by atoms with Gasteiger partial charge in [-0.05, 0) is 83.0 Å². The molecule has 2 aliphatic heterocycles. The molecule has 284 valence electrons. The van der Waals surface area contributed by atoms with Gasteiger partial charge in [-0.2, -0.15) is 0 Å². The van der Waals surface area contributed by atoms with Crippen molar-refractivity contribution in [2.45, 2.75) is 62.1 Å². The van der Waals surface area contributed by atoms with Crippen LogP contribution in [0.1, 0.15) is 43.6 Å². The van der Waals surface area contributed by atoms with E-state index in [0.29, 0.717) is 17.4 Å². The molecular weight excluding hydrogens is 709 g/mol. The van der Waals surface area contributed by atoms with Gasteiger partial charge in [-0.3, -0.25) is 0 Å². The van der Waals surface area contributed by atoms with Crippen LogP contribution in [0.3, 0.4) is 0 Å². The van der Waals surface area contributed by atoms with Crippen molar-refractivity contribution in [2.75, 3.05) is 11.9 Å². The molecule has 0 aromatic heterocycles. The molecule has 8 unspecified atom stereocenters. The van der Waals surface area contributed by atoms with Crippen molar-refractivity contribution in [2.24, 2.45) is 16.8 Å². The Morgan fingerprint density at radius 2 is 1.32 bits per heavy atom. The van der Waals surface area contributed by atoms with E-state index in [9.17, 15) is 0 Å². The van der Waals surface area contributed by atoms with Crippen LogP contribution in [0.2, 0.25) is 5.54 Å². The monoisotopic (exact) mass is 760 g/mol. The van der Waals surface area contributed by atoms with Crippen LogP contribution in [0.15, 0.2) is 193 Å². The first kappa shape index (κ1) is 35.9. The second-order valence-corrected chi connectivity index (χ2v) is 20.6. The van der Waals surface area contributed by atoms with Crippen LogP contribution in [0.25, 0.3) is 11.1 Å². The molecule has 2 heterocycles. The van der Waals surface area contributed by atoms with E-state index >= 15 is 0 Å².